The first-order valence-electron chi connectivity index (χ1n) is 5.72. The molecule has 0 aliphatic heterocycles. The van der Waals surface area contributed by atoms with Gasteiger partial charge in [-0.25, -0.2) is 0 Å². The van der Waals surface area contributed by atoms with E-state index in [-0.39, 0.29) is 5.41 Å². The van der Waals surface area contributed by atoms with Gasteiger partial charge in [-0.05, 0) is 31.2 Å². The van der Waals surface area contributed by atoms with E-state index >= 15 is 0 Å². The van der Waals surface area contributed by atoms with Gasteiger partial charge in [0, 0.05) is 10.4 Å². The highest BCUT2D eigenvalue weighted by Gasteiger charge is 2.28. The van der Waals surface area contributed by atoms with Gasteiger partial charge in [-0.15, -0.1) is 11.3 Å². The molecule has 1 aromatic heterocycles. The van der Waals surface area contributed by atoms with Crippen molar-refractivity contribution in [3.8, 4) is 5.06 Å². The van der Waals surface area contributed by atoms with Crippen LogP contribution in [0.1, 0.15) is 50.5 Å². The third kappa shape index (κ3) is 2.54. The van der Waals surface area contributed by atoms with Crippen LogP contribution < -0.4 is 4.74 Å². The minimum Gasteiger partial charge on any atom is -0.487 e. The summed E-state index contributed by atoms with van der Waals surface area (Å²) in [6, 6.07) is 2.29. The van der Waals surface area contributed by atoms with E-state index in [1.54, 1.807) is 18.4 Å². The Bertz CT molecular complexity index is 316. The quantitative estimate of drug-likeness (QED) is 0.716. The maximum atomic E-state index is 5.48. The van der Waals surface area contributed by atoms with Crippen molar-refractivity contribution < 1.29 is 4.74 Å². The largest absolute Gasteiger partial charge is 0.487 e. The predicted octanol–water partition coefficient (Wildman–Crippen LogP) is 4.53. The molecule has 1 unspecified atom stereocenters. The van der Waals surface area contributed by atoms with Gasteiger partial charge < -0.3 is 4.74 Å². The van der Waals surface area contributed by atoms with Crippen LogP contribution in [0.4, 0.5) is 0 Å². The van der Waals surface area contributed by atoms with Gasteiger partial charge in [0.25, 0.3) is 0 Å². The van der Waals surface area contributed by atoms with Crippen LogP contribution in [0.3, 0.4) is 0 Å². The van der Waals surface area contributed by atoms with Gasteiger partial charge in [-0.3, -0.25) is 0 Å². The van der Waals surface area contributed by atoms with Gasteiger partial charge in [0.15, 0.2) is 5.06 Å². The average Bonchev–Trinajstić information content (AvgIpc) is 2.60. The summed E-state index contributed by atoms with van der Waals surface area (Å²) < 4.78 is 5.48. The van der Waals surface area contributed by atoms with Crippen LogP contribution in [0, 0.1) is 6.92 Å². The third-order valence-electron chi connectivity index (χ3n) is 3.24. The van der Waals surface area contributed by atoms with Crippen molar-refractivity contribution in [2.24, 2.45) is 0 Å². The van der Waals surface area contributed by atoms with Gasteiger partial charge in [0.2, 0.25) is 0 Å². The van der Waals surface area contributed by atoms with Crippen LogP contribution in [0.2, 0.25) is 0 Å². The van der Waals surface area contributed by atoms with E-state index in [1.165, 1.54) is 29.7 Å². The fourth-order valence-corrected chi connectivity index (χ4v) is 3.09. The normalized spacial score (nSPS) is 15.0. The molecule has 86 valence electrons. The highest BCUT2D eigenvalue weighted by molar-refractivity contribution is 7.14. The van der Waals surface area contributed by atoms with Crippen LogP contribution in [0.5, 0.6) is 5.06 Å². The second-order valence-electron chi connectivity index (χ2n) is 4.43. The summed E-state index contributed by atoms with van der Waals surface area (Å²) in [5.41, 5.74) is 1.68. The molecular weight excluding hydrogens is 204 g/mol. The molecule has 1 rings (SSSR count). The smallest absolute Gasteiger partial charge is 0.177 e. The fourth-order valence-electron chi connectivity index (χ4n) is 2.12. The number of aryl methyl sites for hydroxylation is 1. The zero-order valence-electron chi connectivity index (χ0n) is 10.5. The lowest BCUT2D eigenvalue weighted by atomic mass is 9.77. The van der Waals surface area contributed by atoms with Crippen molar-refractivity contribution in [2.45, 2.75) is 52.4 Å². The Kier molecular flexibility index (Phi) is 4.21. The van der Waals surface area contributed by atoms with Crippen molar-refractivity contribution in [2.75, 3.05) is 7.11 Å². The van der Waals surface area contributed by atoms with Crippen LogP contribution in [0.15, 0.2) is 6.07 Å². The highest BCUT2D eigenvalue weighted by Crippen LogP contribution is 2.42. The molecule has 0 N–H and O–H groups in total. The molecule has 0 aliphatic rings. The van der Waals surface area contributed by atoms with E-state index in [0.717, 1.165) is 5.06 Å². The molecule has 0 radical (unpaired) electrons. The first-order valence-corrected chi connectivity index (χ1v) is 6.54. The zero-order valence-corrected chi connectivity index (χ0v) is 11.3. The summed E-state index contributed by atoms with van der Waals surface area (Å²) in [5.74, 6) is 0. The van der Waals surface area contributed by atoms with E-state index in [1.807, 2.05) is 0 Å². The summed E-state index contributed by atoms with van der Waals surface area (Å²) in [5, 5.41) is 1.10. The molecule has 0 amide bonds. The van der Waals surface area contributed by atoms with Crippen molar-refractivity contribution >= 4 is 11.3 Å². The second-order valence-corrected chi connectivity index (χ2v) is 5.65. The minimum atomic E-state index is 0.283. The molecule has 1 heterocycles. The Morgan fingerprint density at radius 2 is 2.07 bits per heavy atom. The maximum Gasteiger partial charge on any atom is 0.177 e. The number of hydrogen-bond donors (Lipinski definition) is 0. The minimum absolute atomic E-state index is 0.283. The summed E-state index contributed by atoms with van der Waals surface area (Å²) in [6.45, 7) is 9.01. The molecule has 1 aromatic rings. The topological polar surface area (TPSA) is 9.23 Å². The van der Waals surface area contributed by atoms with Gasteiger partial charge in [-0.2, -0.15) is 0 Å². The summed E-state index contributed by atoms with van der Waals surface area (Å²) >= 11 is 1.76. The monoisotopic (exact) mass is 226 g/mol. The number of ether oxygens (including phenoxy) is 1. The second kappa shape index (κ2) is 5.02. The average molecular weight is 226 g/mol. The number of methoxy groups -OCH3 is 1. The Labute approximate surface area is 97.5 Å². The van der Waals surface area contributed by atoms with Gasteiger partial charge in [0.1, 0.15) is 0 Å². The number of hydrogen-bond acceptors (Lipinski definition) is 2. The molecule has 0 fully saturated rings. The lowest BCUT2D eigenvalue weighted by molar-refractivity contribution is 0.373. The molecule has 0 saturated heterocycles. The molecule has 0 saturated carbocycles. The standard InChI is InChI=1S/C13H22OS/c1-6-8-13(4,7-2)11-9-10(3)15-12(11)14-5/h9H,6-8H2,1-5H3. The van der Waals surface area contributed by atoms with E-state index in [4.69, 9.17) is 4.74 Å². The highest BCUT2D eigenvalue weighted by atomic mass is 32.1. The van der Waals surface area contributed by atoms with E-state index in [2.05, 4.69) is 33.8 Å². The first kappa shape index (κ1) is 12.6. The molecule has 1 atom stereocenters. The molecule has 2 heteroatoms. The Hall–Kier alpha value is -0.500. The van der Waals surface area contributed by atoms with Crippen LogP contribution >= 0.6 is 11.3 Å². The Morgan fingerprint density at radius 1 is 1.40 bits per heavy atom. The first-order chi connectivity index (χ1) is 7.07. The van der Waals surface area contributed by atoms with Crippen LogP contribution in [0.25, 0.3) is 0 Å². The maximum absolute atomic E-state index is 5.48. The molecule has 0 bridgehead atoms. The summed E-state index contributed by atoms with van der Waals surface area (Å²) in [7, 11) is 1.77. The van der Waals surface area contributed by atoms with E-state index in [9.17, 15) is 0 Å². The molecular formula is C13H22OS. The van der Waals surface area contributed by atoms with Crippen molar-refractivity contribution in [1.29, 1.82) is 0 Å². The summed E-state index contributed by atoms with van der Waals surface area (Å²) in [4.78, 5) is 1.35. The lowest BCUT2D eigenvalue weighted by Gasteiger charge is -2.28. The predicted molar refractivity (Wildman–Crippen MR) is 68.2 cm³/mol. The SMILES string of the molecule is CCCC(C)(CC)c1cc(C)sc1OC. The van der Waals surface area contributed by atoms with Gasteiger partial charge in [0.05, 0.1) is 7.11 Å². The van der Waals surface area contributed by atoms with Crippen LogP contribution in [-0.4, -0.2) is 7.11 Å². The fraction of sp³-hybridized carbons (Fsp3) is 0.692. The molecule has 0 spiro atoms. The van der Waals surface area contributed by atoms with Gasteiger partial charge >= 0.3 is 0 Å². The third-order valence-corrected chi connectivity index (χ3v) is 4.25. The van der Waals surface area contributed by atoms with E-state index in [0.29, 0.717) is 0 Å². The summed E-state index contributed by atoms with van der Waals surface area (Å²) in [6.07, 6.45) is 3.63. The van der Waals surface area contributed by atoms with Crippen molar-refractivity contribution in [3.63, 3.8) is 0 Å². The van der Waals surface area contributed by atoms with Crippen LogP contribution in [-0.2, 0) is 5.41 Å². The molecule has 0 aromatic carbocycles. The molecule has 0 aliphatic carbocycles. The van der Waals surface area contributed by atoms with Crippen molar-refractivity contribution in [3.05, 3.63) is 16.5 Å². The van der Waals surface area contributed by atoms with E-state index < -0.39 is 0 Å². The number of thiophene rings is 1. The lowest BCUT2D eigenvalue weighted by Crippen LogP contribution is -2.20. The zero-order chi connectivity index (χ0) is 11.5. The Balaban J connectivity index is 3.10. The number of rotatable bonds is 5. The molecule has 1 nitrogen and oxygen atoms in total. The van der Waals surface area contributed by atoms with Crippen molar-refractivity contribution in [1.82, 2.24) is 0 Å². The van der Waals surface area contributed by atoms with Gasteiger partial charge in [-0.1, -0.05) is 27.2 Å². The molecule has 15 heavy (non-hydrogen) atoms. The Morgan fingerprint density at radius 3 is 2.53 bits per heavy atom.